The molecule has 2 aromatic rings. The lowest BCUT2D eigenvalue weighted by Gasteiger charge is -2.40. The van der Waals surface area contributed by atoms with Crippen LogP contribution in [0.3, 0.4) is 0 Å². The molecule has 0 radical (unpaired) electrons. The maximum atomic E-state index is 13.8. The topological polar surface area (TPSA) is 92.3 Å². The Bertz CT molecular complexity index is 1230. The zero-order valence-corrected chi connectivity index (χ0v) is 21.2. The van der Waals surface area contributed by atoms with Crippen molar-refractivity contribution in [2.75, 3.05) is 35.5 Å². The van der Waals surface area contributed by atoms with Crippen LogP contribution in [0.5, 0.6) is 23.0 Å². The molecule has 2 aromatic carbocycles. The first-order valence-corrected chi connectivity index (χ1v) is 11.6. The molecular formula is C28H31NO7. The molecule has 0 saturated heterocycles. The number of benzene rings is 2. The summed E-state index contributed by atoms with van der Waals surface area (Å²) in [7, 11) is 7.62. The van der Waals surface area contributed by atoms with Gasteiger partial charge in [0.2, 0.25) is 0 Å². The van der Waals surface area contributed by atoms with Crippen LogP contribution in [0.25, 0.3) is 0 Å². The van der Waals surface area contributed by atoms with Crippen molar-refractivity contribution < 1.29 is 33.3 Å². The van der Waals surface area contributed by atoms with Crippen LogP contribution in [0, 0.1) is 5.92 Å². The molecule has 2 aliphatic rings. The van der Waals surface area contributed by atoms with Crippen molar-refractivity contribution in [2.24, 2.45) is 5.92 Å². The maximum absolute atomic E-state index is 13.8. The van der Waals surface area contributed by atoms with Crippen molar-refractivity contribution in [1.82, 2.24) is 5.32 Å². The molecule has 8 nitrogen and oxygen atoms in total. The minimum absolute atomic E-state index is 0.0557. The van der Waals surface area contributed by atoms with Gasteiger partial charge in [0.05, 0.1) is 35.5 Å². The molecule has 3 atom stereocenters. The van der Waals surface area contributed by atoms with Crippen LogP contribution in [0.2, 0.25) is 0 Å². The number of rotatable bonds is 7. The van der Waals surface area contributed by atoms with E-state index < -0.39 is 17.8 Å². The number of carbonyl (C=O) groups excluding carboxylic acids is 2. The number of nitrogens with one attached hydrogen (secondary N) is 1. The average molecular weight is 494 g/mol. The second-order valence-electron chi connectivity index (χ2n) is 8.77. The molecule has 0 spiro atoms. The molecule has 1 aliphatic heterocycles. The molecule has 8 heteroatoms. The second-order valence-corrected chi connectivity index (χ2v) is 8.77. The zero-order valence-electron chi connectivity index (χ0n) is 21.2. The molecule has 0 fully saturated rings. The quantitative estimate of drug-likeness (QED) is 0.576. The molecule has 1 heterocycles. The van der Waals surface area contributed by atoms with E-state index in [9.17, 15) is 9.59 Å². The summed E-state index contributed by atoms with van der Waals surface area (Å²) >= 11 is 0. The van der Waals surface area contributed by atoms with Crippen molar-refractivity contribution in [3.8, 4) is 23.0 Å². The van der Waals surface area contributed by atoms with Crippen LogP contribution < -0.4 is 24.3 Å². The van der Waals surface area contributed by atoms with E-state index in [1.54, 1.807) is 46.6 Å². The first kappa shape index (κ1) is 25.2. The van der Waals surface area contributed by atoms with E-state index in [1.807, 2.05) is 18.2 Å². The first-order valence-electron chi connectivity index (χ1n) is 11.6. The molecular weight excluding hydrogens is 462 g/mol. The normalized spacial score (nSPS) is 21.3. The third kappa shape index (κ3) is 4.39. The van der Waals surface area contributed by atoms with Crippen molar-refractivity contribution in [1.29, 1.82) is 0 Å². The van der Waals surface area contributed by atoms with E-state index in [0.29, 0.717) is 46.3 Å². The van der Waals surface area contributed by atoms with E-state index in [-0.39, 0.29) is 18.1 Å². The van der Waals surface area contributed by atoms with Gasteiger partial charge >= 0.3 is 5.97 Å². The van der Waals surface area contributed by atoms with Gasteiger partial charge in [-0.3, -0.25) is 9.59 Å². The number of hydrogen-bond acceptors (Lipinski definition) is 8. The summed E-state index contributed by atoms with van der Waals surface area (Å²) in [6.07, 6.45) is 0.839. The number of methoxy groups -OCH3 is 5. The summed E-state index contributed by atoms with van der Waals surface area (Å²) in [6.45, 7) is 4.14. The van der Waals surface area contributed by atoms with Gasteiger partial charge in [-0.05, 0) is 48.2 Å². The molecule has 0 bridgehead atoms. The van der Waals surface area contributed by atoms with Crippen LogP contribution >= 0.6 is 0 Å². The molecule has 0 saturated carbocycles. The predicted octanol–water partition coefficient (Wildman–Crippen LogP) is 4.11. The lowest BCUT2D eigenvalue weighted by Crippen LogP contribution is -2.42. The highest BCUT2D eigenvalue weighted by atomic mass is 16.5. The van der Waals surface area contributed by atoms with Crippen LogP contribution in [-0.4, -0.2) is 47.3 Å². The van der Waals surface area contributed by atoms with Crippen LogP contribution in [0.4, 0.5) is 0 Å². The molecule has 190 valence electrons. The Kier molecular flexibility index (Phi) is 7.24. The maximum Gasteiger partial charge on any atom is 0.315 e. The number of hydrogen-bond donors (Lipinski definition) is 1. The Morgan fingerprint density at radius 2 is 1.58 bits per heavy atom. The first-order chi connectivity index (χ1) is 17.4. The van der Waals surface area contributed by atoms with E-state index in [2.05, 4.69) is 11.9 Å². The monoisotopic (exact) mass is 493 g/mol. The van der Waals surface area contributed by atoms with Crippen molar-refractivity contribution in [3.63, 3.8) is 0 Å². The van der Waals surface area contributed by atoms with Gasteiger partial charge in [0.15, 0.2) is 17.3 Å². The van der Waals surface area contributed by atoms with Gasteiger partial charge in [0.1, 0.15) is 17.4 Å². The lowest BCUT2D eigenvalue weighted by molar-refractivity contribution is -0.144. The summed E-state index contributed by atoms with van der Waals surface area (Å²) in [5.74, 6) is 0.300. The van der Waals surface area contributed by atoms with E-state index >= 15 is 0 Å². The number of allylic oxidation sites excluding steroid dienone is 2. The number of esters is 1. The minimum atomic E-state index is -0.809. The Morgan fingerprint density at radius 1 is 0.889 bits per heavy atom. The molecule has 0 amide bonds. The number of carbonyl (C=O) groups is 2. The molecule has 1 aliphatic carbocycles. The Labute approximate surface area is 210 Å². The fraction of sp³-hybridized carbons (Fsp3) is 0.357. The Morgan fingerprint density at radius 3 is 2.22 bits per heavy atom. The zero-order chi connectivity index (χ0) is 26.0. The lowest BCUT2D eigenvalue weighted by atomic mass is 9.68. The Hall–Kier alpha value is -3.94. The van der Waals surface area contributed by atoms with Gasteiger partial charge in [-0.15, -0.1) is 0 Å². The third-order valence-corrected chi connectivity index (χ3v) is 6.95. The summed E-state index contributed by atoms with van der Waals surface area (Å²) < 4.78 is 27.0. The van der Waals surface area contributed by atoms with Crippen molar-refractivity contribution >= 4 is 11.8 Å². The highest BCUT2D eigenvalue weighted by Crippen LogP contribution is 2.50. The van der Waals surface area contributed by atoms with Crippen LogP contribution in [0.15, 0.2) is 59.9 Å². The second kappa shape index (κ2) is 10.4. The predicted molar refractivity (Wildman–Crippen MR) is 134 cm³/mol. The molecule has 4 rings (SSSR count). The van der Waals surface area contributed by atoms with Crippen LogP contribution in [0.1, 0.15) is 35.8 Å². The molecule has 1 N–H and O–H groups in total. The van der Waals surface area contributed by atoms with Gasteiger partial charge in [0.25, 0.3) is 0 Å². The van der Waals surface area contributed by atoms with Gasteiger partial charge in [-0.25, -0.2) is 0 Å². The average Bonchev–Trinajstić information content (AvgIpc) is 2.90. The number of Topliss-reactive ketones (excluding diaryl/α,β-unsaturated/α-hetero) is 1. The van der Waals surface area contributed by atoms with Gasteiger partial charge in [0, 0.05) is 34.9 Å². The van der Waals surface area contributed by atoms with Gasteiger partial charge < -0.3 is 29.0 Å². The van der Waals surface area contributed by atoms with E-state index in [0.717, 1.165) is 11.3 Å². The third-order valence-electron chi connectivity index (χ3n) is 6.95. The number of ketones is 1. The van der Waals surface area contributed by atoms with Crippen LogP contribution in [-0.2, 0) is 14.3 Å². The standard InChI is InChI=1S/C28H31NO7/c1-15-25(28(31)36-6)26(19-14-18(32-2)8-10-22(19)33-3)27-20(29-15)11-17(12-21(27)30)16-7-9-23(34-4)24(13-16)35-5/h7-10,13-14,17,25-26,29H,1,11-12H2,2-6H3. The molecule has 3 unspecified atom stereocenters. The Balaban J connectivity index is 1.84. The fourth-order valence-corrected chi connectivity index (χ4v) is 5.21. The SMILES string of the molecule is C=C1NC2=C(C(=O)CC(c3ccc(OC)c(OC)c3)C2)C(c2cc(OC)ccc2OC)C1C(=O)OC. The van der Waals surface area contributed by atoms with E-state index in [4.69, 9.17) is 23.7 Å². The van der Waals surface area contributed by atoms with Crippen molar-refractivity contribution in [2.45, 2.75) is 24.7 Å². The van der Waals surface area contributed by atoms with Crippen molar-refractivity contribution in [3.05, 3.63) is 71.1 Å². The summed E-state index contributed by atoms with van der Waals surface area (Å²) in [4.78, 5) is 26.7. The smallest absolute Gasteiger partial charge is 0.315 e. The number of ether oxygens (including phenoxy) is 5. The highest BCUT2D eigenvalue weighted by molar-refractivity contribution is 6.01. The van der Waals surface area contributed by atoms with Gasteiger partial charge in [-0.2, -0.15) is 0 Å². The highest BCUT2D eigenvalue weighted by Gasteiger charge is 2.46. The minimum Gasteiger partial charge on any atom is -0.497 e. The summed E-state index contributed by atoms with van der Waals surface area (Å²) in [5.41, 5.74) is 3.38. The largest absolute Gasteiger partial charge is 0.497 e. The molecule has 36 heavy (non-hydrogen) atoms. The van der Waals surface area contributed by atoms with Gasteiger partial charge in [-0.1, -0.05) is 12.6 Å². The summed E-state index contributed by atoms with van der Waals surface area (Å²) in [6, 6.07) is 11.0. The molecule has 0 aromatic heterocycles. The summed E-state index contributed by atoms with van der Waals surface area (Å²) in [5, 5.41) is 3.27. The van der Waals surface area contributed by atoms with E-state index in [1.165, 1.54) is 7.11 Å². The fourth-order valence-electron chi connectivity index (χ4n) is 5.21.